The topological polar surface area (TPSA) is 60.8 Å². The number of rotatable bonds is 4. The van der Waals surface area contributed by atoms with Gasteiger partial charge in [0.25, 0.3) is 5.91 Å². The highest BCUT2D eigenvalue weighted by molar-refractivity contribution is 9.10. The van der Waals surface area contributed by atoms with Gasteiger partial charge in [-0.2, -0.15) is 0 Å². The Labute approximate surface area is 195 Å². The maximum Gasteiger partial charge on any atom is 0.293 e. The smallest absolute Gasteiger partial charge is 0.293 e. The van der Waals surface area contributed by atoms with Crippen molar-refractivity contribution in [3.05, 3.63) is 70.9 Å². The van der Waals surface area contributed by atoms with Gasteiger partial charge in [0.05, 0.1) is 11.4 Å². The van der Waals surface area contributed by atoms with Crippen molar-refractivity contribution in [1.82, 2.24) is 10.2 Å². The minimum atomic E-state index is -0.391. The molecule has 0 radical (unpaired) electrons. The zero-order valence-electron chi connectivity index (χ0n) is 17.1. The first-order valence-electron chi connectivity index (χ1n) is 10.0. The summed E-state index contributed by atoms with van der Waals surface area (Å²) in [6.07, 6.45) is 0. The molecule has 0 unspecified atom stereocenters. The Morgan fingerprint density at radius 1 is 1.00 bits per heavy atom. The molecule has 0 bridgehead atoms. The molecule has 2 N–H and O–H groups in total. The highest BCUT2D eigenvalue weighted by atomic mass is 79.9. The number of nitrogens with one attached hydrogen (secondary N) is 2. The average Bonchev–Trinajstić information content (AvgIpc) is 3.26. The van der Waals surface area contributed by atoms with E-state index in [0.717, 1.165) is 47.6 Å². The molecule has 1 aliphatic heterocycles. The van der Waals surface area contributed by atoms with Gasteiger partial charge in [-0.3, -0.25) is 10.1 Å². The van der Waals surface area contributed by atoms with E-state index in [0.29, 0.717) is 5.76 Å². The van der Waals surface area contributed by atoms with Gasteiger partial charge in [-0.15, -0.1) is 0 Å². The summed E-state index contributed by atoms with van der Waals surface area (Å²) in [4.78, 5) is 17.2. The number of amides is 1. The number of carbonyl (C=O) groups excluding carboxylic acids is 1. The van der Waals surface area contributed by atoms with Crippen LogP contribution in [-0.4, -0.2) is 49.1 Å². The average molecular weight is 499 g/mol. The molecule has 0 atom stereocenters. The number of piperazine rings is 1. The number of halogens is 1. The molecule has 4 rings (SSSR count). The molecular weight excluding hydrogens is 476 g/mol. The maximum absolute atomic E-state index is 12.6. The predicted molar refractivity (Wildman–Crippen MR) is 132 cm³/mol. The molecule has 0 aliphatic carbocycles. The van der Waals surface area contributed by atoms with Gasteiger partial charge < -0.3 is 19.5 Å². The van der Waals surface area contributed by atoms with Crippen molar-refractivity contribution < 1.29 is 9.21 Å². The molecule has 0 saturated carbocycles. The molecule has 31 heavy (non-hydrogen) atoms. The molecule has 0 spiro atoms. The molecule has 8 heteroatoms. The summed E-state index contributed by atoms with van der Waals surface area (Å²) < 4.78 is 6.70. The Bertz CT molecular complexity index is 1080. The van der Waals surface area contributed by atoms with Crippen molar-refractivity contribution in [2.75, 3.05) is 43.4 Å². The Morgan fingerprint density at radius 3 is 2.45 bits per heavy atom. The predicted octanol–water partition coefficient (Wildman–Crippen LogP) is 4.59. The van der Waals surface area contributed by atoms with E-state index in [1.54, 1.807) is 12.1 Å². The van der Waals surface area contributed by atoms with E-state index in [2.05, 4.69) is 49.5 Å². The lowest BCUT2D eigenvalue weighted by Crippen LogP contribution is -2.45. The van der Waals surface area contributed by atoms with Gasteiger partial charge in [0.2, 0.25) is 0 Å². The van der Waals surface area contributed by atoms with Gasteiger partial charge in [-0.1, -0.05) is 40.2 Å². The number of furan rings is 1. The third-order valence-electron chi connectivity index (χ3n) is 5.18. The minimum absolute atomic E-state index is 0.203. The molecule has 1 aromatic heterocycles. The van der Waals surface area contributed by atoms with Crippen LogP contribution >= 0.6 is 28.1 Å². The second kappa shape index (κ2) is 9.64. The number of carbonyl (C=O) groups is 1. The fourth-order valence-corrected chi connectivity index (χ4v) is 3.92. The van der Waals surface area contributed by atoms with Crippen LogP contribution in [0.3, 0.4) is 0 Å². The summed E-state index contributed by atoms with van der Waals surface area (Å²) in [5, 5.41) is 6.10. The van der Waals surface area contributed by atoms with Crippen LogP contribution in [0.15, 0.2) is 69.6 Å². The van der Waals surface area contributed by atoms with Gasteiger partial charge >= 0.3 is 0 Å². The first kappa shape index (κ1) is 21.5. The monoisotopic (exact) mass is 498 g/mol. The van der Waals surface area contributed by atoms with Crippen molar-refractivity contribution in [3.63, 3.8) is 0 Å². The van der Waals surface area contributed by atoms with E-state index < -0.39 is 5.91 Å². The zero-order valence-corrected chi connectivity index (χ0v) is 19.5. The number of likely N-dealkylation sites (N-methyl/N-ethyl adjacent to an activating group) is 1. The quantitative estimate of drug-likeness (QED) is 0.513. The lowest BCUT2D eigenvalue weighted by atomic mass is 10.2. The van der Waals surface area contributed by atoms with Crippen LogP contribution in [0.5, 0.6) is 0 Å². The maximum atomic E-state index is 12.6. The second-order valence-electron chi connectivity index (χ2n) is 7.39. The second-order valence-corrected chi connectivity index (χ2v) is 8.71. The van der Waals surface area contributed by atoms with Crippen LogP contribution in [0, 0.1) is 0 Å². The highest BCUT2D eigenvalue weighted by Gasteiger charge is 2.18. The molecule has 160 valence electrons. The summed E-state index contributed by atoms with van der Waals surface area (Å²) in [5.41, 5.74) is 2.83. The van der Waals surface area contributed by atoms with Crippen molar-refractivity contribution in [3.8, 4) is 11.3 Å². The summed E-state index contributed by atoms with van der Waals surface area (Å²) in [5.74, 6) is 0.435. The molecule has 1 fully saturated rings. The standard InChI is InChI=1S/C23H23BrN4O2S/c1-27-12-14-28(15-13-27)19-5-3-2-4-18(19)25-23(31)26-22(29)21-11-10-20(30-21)16-6-8-17(24)9-7-16/h2-11H,12-15H2,1H3,(H2,25,26,29,31). The largest absolute Gasteiger partial charge is 0.451 e. The number of nitrogens with zero attached hydrogens (tertiary/aromatic N) is 2. The lowest BCUT2D eigenvalue weighted by Gasteiger charge is -2.35. The molecule has 6 nitrogen and oxygen atoms in total. The van der Waals surface area contributed by atoms with Gasteiger partial charge in [0.15, 0.2) is 10.9 Å². The van der Waals surface area contributed by atoms with Crippen molar-refractivity contribution in [2.45, 2.75) is 0 Å². The lowest BCUT2D eigenvalue weighted by molar-refractivity contribution is 0.0951. The molecule has 2 heterocycles. The SMILES string of the molecule is CN1CCN(c2ccccc2NC(=S)NC(=O)c2ccc(-c3ccc(Br)cc3)o2)CC1. The Hall–Kier alpha value is -2.68. The zero-order chi connectivity index (χ0) is 21.8. The van der Waals surface area contributed by atoms with Crippen LogP contribution in [0.2, 0.25) is 0 Å². The molecular formula is C23H23BrN4O2S. The van der Waals surface area contributed by atoms with Gasteiger partial charge in [0.1, 0.15) is 5.76 Å². The Balaban J connectivity index is 1.40. The van der Waals surface area contributed by atoms with Crippen LogP contribution in [0.4, 0.5) is 11.4 Å². The fourth-order valence-electron chi connectivity index (χ4n) is 3.45. The molecule has 1 amide bonds. The number of hydrogen-bond donors (Lipinski definition) is 2. The summed E-state index contributed by atoms with van der Waals surface area (Å²) in [7, 11) is 2.13. The van der Waals surface area contributed by atoms with Crippen LogP contribution < -0.4 is 15.5 Å². The number of benzene rings is 2. The first-order chi connectivity index (χ1) is 15.0. The van der Waals surface area contributed by atoms with Gasteiger partial charge in [-0.05, 0) is 55.7 Å². The van der Waals surface area contributed by atoms with E-state index in [-0.39, 0.29) is 10.9 Å². The molecule has 1 aliphatic rings. The highest BCUT2D eigenvalue weighted by Crippen LogP contribution is 2.27. The van der Waals surface area contributed by atoms with Gasteiger partial charge in [-0.25, -0.2) is 0 Å². The number of thiocarbonyl (C=S) groups is 1. The van der Waals surface area contributed by atoms with Crippen LogP contribution in [0.1, 0.15) is 10.6 Å². The number of hydrogen-bond acceptors (Lipinski definition) is 5. The summed E-state index contributed by atoms with van der Waals surface area (Å²) in [6.45, 7) is 3.91. The van der Waals surface area contributed by atoms with E-state index >= 15 is 0 Å². The normalized spacial score (nSPS) is 14.3. The summed E-state index contributed by atoms with van der Waals surface area (Å²) >= 11 is 8.80. The van der Waals surface area contributed by atoms with Crippen LogP contribution in [0.25, 0.3) is 11.3 Å². The van der Waals surface area contributed by atoms with Crippen molar-refractivity contribution in [2.24, 2.45) is 0 Å². The molecule has 2 aromatic carbocycles. The third-order valence-corrected chi connectivity index (χ3v) is 5.91. The van der Waals surface area contributed by atoms with E-state index in [4.69, 9.17) is 16.6 Å². The van der Waals surface area contributed by atoms with Crippen molar-refractivity contribution >= 4 is 50.5 Å². The van der Waals surface area contributed by atoms with E-state index in [9.17, 15) is 4.79 Å². The Kier molecular flexibility index (Phi) is 6.70. The fraction of sp³-hybridized carbons (Fsp3) is 0.217. The summed E-state index contributed by atoms with van der Waals surface area (Å²) in [6, 6.07) is 19.1. The molecule has 3 aromatic rings. The number of anilines is 2. The van der Waals surface area contributed by atoms with E-state index in [1.807, 2.05) is 42.5 Å². The van der Waals surface area contributed by atoms with E-state index in [1.165, 1.54) is 0 Å². The van der Waals surface area contributed by atoms with Crippen molar-refractivity contribution in [1.29, 1.82) is 0 Å². The minimum Gasteiger partial charge on any atom is -0.451 e. The van der Waals surface area contributed by atoms with Gasteiger partial charge in [0, 0.05) is 36.2 Å². The molecule has 1 saturated heterocycles. The first-order valence-corrected chi connectivity index (χ1v) is 11.2. The Morgan fingerprint density at radius 2 is 1.71 bits per heavy atom. The number of para-hydroxylation sites is 2. The van der Waals surface area contributed by atoms with Crippen LogP contribution in [-0.2, 0) is 0 Å². The third kappa shape index (κ3) is 5.33.